The maximum atomic E-state index is 4.74. The molecule has 0 saturated heterocycles. The molecule has 5 nitrogen and oxygen atoms in total. The third kappa shape index (κ3) is 5.84. The van der Waals surface area contributed by atoms with E-state index in [0.29, 0.717) is 25.7 Å². The Balaban J connectivity index is 0.000000701. The van der Waals surface area contributed by atoms with E-state index in [9.17, 15) is 0 Å². The van der Waals surface area contributed by atoms with Crippen LogP contribution in [-0.2, 0) is 25.7 Å². The third-order valence-electron chi connectivity index (χ3n) is 3.69. The molecule has 0 aliphatic rings. The number of halogens is 2. The van der Waals surface area contributed by atoms with Crippen LogP contribution in [0.25, 0.3) is 0 Å². The van der Waals surface area contributed by atoms with Crippen LogP contribution in [0.1, 0.15) is 34.2 Å². The standard InChI is InChI=1S/C17H21N5.2ClH.Ni/c1-12-8-14(3)21(19-12)10-16-6-5-7-17(18-16)11-22-15(4)9-13(2)20-22;;;/h5-9H,10-11H2,1-4H3;2*1H;/q;;;+2/p-2. The monoisotopic (exact) mass is 423 g/mol. The van der Waals surface area contributed by atoms with Crippen molar-refractivity contribution in [3.8, 4) is 0 Å². The molecule has 0 aliphatic heterocycles. The van der Waals surface area contributed by atoms with Crippen LogP contribution >= 0.6 is 20.4 Å². The van der Waals surface area contributed by atoms with E-state index in [-0.39, 0.29) is 0 Å². The van der Waals surface area contributed by atoms with Crippen molar-refractivity contribution in [1.29, 1.82) is 0 Å². The molecule has 0 N–H and O–H groups in total. The van der Waals surface area contributed by atoms with E-state index in [4.69, 9.17) is 25.4 Å². The van der Waals surface area contributed by atoms with Crippen molar-refractivity contribution in [2.24, 2.45) is 0 Å². The summed E-state index contributed by atoms with van der Waals surface area (Å²) >= 11 is 0.569. The summed E-state index contributed by atoms with van der Waals surface area (Å²) in [5, 5.41) is 8.99. The minimum atomic E-state index is 0.569. The van der Waals surface area contributed by atoms with Gasteiger partial charge in [0, 0.05) is 11.4 Å². The molecule has 0 saturated carbocycles. The molecule has 25 heavy (non-hydrogen) atoms. The quantitative estimate of drug-likeness (QED) is 0.590. The molecule has 0 aromatic carbocycles. The van der Waals surface area contributed by atoms with E-state index >= 15 is 0 Å². The summed E-state index contributed by atoms with van der Waals surface area (Å²) in [7, 11) is 9.40. The average molecular weight is 425 g/mol. The molecule has 0 fully saturated rings. The zero-order valence-electron chi connectivity index (χ0n) is 14.6. The van der Waals surface area contributed by atoms with Crippen LogP contribution in [-0.4, -0.2) is 24.5 Å². The SMILES string of the molecule is Cc1cc(C)n(Cc2cccc(Cn3nc(C)cc3C)n2)n1.[Cl][Ni][Cl]. The van der Waals surface area contributed by atoms with E-state index in [1.807, 2.05) is 35.3 Å². The first-order chi connectivity index (χ1) is 11.9. The number of pyridine rings is 1. The number of rotatable bonds is 4. The molecule has 3 rings (SSSR count). The van der Waals surface area contributed by atoms with Gasteiger partial charge in [0.2, 0.25) is 0 Å². The van der Waals surface area contributed by atoms with Crippen LogP contribution in [0.15, 0.2) is 30.3 Å². The van der Waals surface area contributed by atoms with Crippen molar-refractivity contribution in [3.63, 3.8) is 0 Å². The minimum absolute atomic E-state index is 0.569. The molecule has 0 radical (unpaired) electrons. The topological polar surface area (TPSA) is 48.5 Å². The molecule has 0 bridgehead atoms. The Morgan fingerprint density at radius 1 is 0.840 bits per heavy atom. The second-order valence-electron chi connectivity index (χ2n) is 5.83. The Morgan fingerprint density at radius 3 is 1.56 bits per heavy atom. The maximum absolute atomic E-state index is 4.74. The first-order valence-electron chi connectivity index (χ1n) is 7.72. The van der Waals surface area contributed by atoms with Crippen molar-refractivity contribution in [1.82, 2.24) is 24.5 Å². The molecule has 0 unspecified atom stereocenters. The van der Waals surface area contributed by atoms with Crippen molar-refractivity contribution in [2.75, 3.05) is 0 Å². The molecule has 3 aromatic rings. The predicted molar refractivity (Wildman–Crippen MR) is 97.5 cm³/mol. The fourth-order valence-electron chi connectivity index (χ4n) is 2.68. The molecule has 3 aromatic heterocycles. The molecular formula is C17H21Cl2N5Ni. The van der Waals surface area contributed by atoms with Gasteiger partial charge >= 0.3 is 33.0 Å². The summed E-state index contributed by atoms with van der Waals surface area (Å²) in [5.74, 6) is 0. The summed E-state index contributed by atoms with van der Waals surface area (Å²) in [6, 6.07) is 10.3. The molecule has 0 amide bonds. The fraction of sp³-hybridized carbons (Fsp3) is 0.353. The van der Waals surface area contributed by atoms with Crippen LogP contribution in [0.5, 0.6) is 0 Å². The van der Waals surface area contributed by atoms with Crippen LogP contribution in [0, 0.1) is 27.7 Å². The van der Waals surface area contributed by atoms with Crippen molar-refractivity contribution >= 4 is 20.4 Å². The van der Waals surface area contributed by atoms with Gasteiger partial charge in [0.05, 0.1) is 35.9 Å². The van der Waals surface area contributed by atoms with Gasteiger partial charge in [0.15, 0.2) is 0 Å². The van der Waals surface area contributed by atoms with Crippen LogP contribution in [0.2, 0.25) is 0 Å². The van der Waals surface area contributed by atoms with Gasteiger partial charge < -0.3 is 0 Å². The number of hydrogen-bond donors (Lipinski definition) is 0. The van der Waals surface area contributed by atoms with E-state index in [1.165, 1.54) is 0 Å². The Bertz CT molecular complexity index is 765. The number of hydrogen-bond acceptors (Lipinski definition) is 3. The number of aryl methyl sites for hydroxylation is 4. The zero-order valence-corrected chi connectivity index (χ0v) is 17.1. The Hall–Kier alpha value is -1.36. The van der Waals surface area contributed by atoms with Crippen molar-refractivity contribution in [2.45, 2.75) is 40.8 Å². The van der Waals surface area contributed by atoms with Crippen LogP contribution < -0.4 is 0 Å². The van der Waals surface area contributed by atoms with Gasteiger partial charge in [-0.1, -0.05) is 6.07 Å². The van der Waals surface area contributed by atoms with E-state index in [1.54, 1.807) is 0 Å². The van der Waals surface area contributed by atoms with E-state index in [2.05, 4.69) is 42.2 Å². The van der Waals surface area contributed by atoms with Crippen molar-refractivity contribution in [3.05, 3.63) is 64.5 Å². The Kier molecular flexibility index (Phi) is 7.48. The van der Waals surface area contributed by atoms with Gasteiger partial charge in [0.25, 0.3) is 0 Å². The van der Waals surface area contributed by atoms with Gasteiger partial charge in [-0.25, -0.2) is 0 Å². The summed E-state index contributed by atoms with van der Waals surface area (Å²) in [6.45, 7) is 9.56. The first kappa shape index (κ1) is 20.0. The summed E-state index contributed by atoms with van der Waals surface area (Å²) in [4.78, 5) is 4.74. The second kappa shape index (κ2) is 9.37. The zero-order chi connectivity index (χ0) is 18.4. The van der Waals surface area contributed by atoms with Crippen LogP contribution in [0.4, 0.5) is 0 Å². The molecule has 0 aliphatic carbocycles. The van der Waals surface area contributed by atoms with E-state index < -0.39 is 0 Å². The molecule has 0 atom stereocenters. The Morgan fingerprint density at radius 2 is 1.24 bits per heavy atom. The van der Waals surface area contributed by atoms with Gasteiger partial charge in [-0.3, -0.25) is 14.3 Å². The first-order valence-corrected chi connectivity index (χ1v) is 10.4. The van der Waals surface area contributed by atoms with Gasteiger partial charge in [0.1, 0.15) is 0 Å². The molecule has 138 valence electrons. The average Bonchev–Trinajstić information content (AvgIpc) is 3.01. The number of aromatic nitrogens is 5. The third-order valence-corrected chi connectivity index (χ3v) is 3.69. The predicted octanol–water partition coefficient (Wildman–Crippen LogP) is 4.18. The second-order valence-corrected chi connectivity index (χ2v) is 7.47. The molecule has 3 heterocycles. The summed E-state index contributed by atoms with van der Waals surface area (Å²) < 4.78 is 3.98. The van der Waals surface area contributed by atoms with E-state index in [0.717, 1.165) is 34.2 Å². The van der Waals surface area contributed by atoms with Crippen molar-refractivity contribution < 1.29 is 12.7 Å². The van der Waals surface area contributed by atoms with Gasteiger partial charge in [-0.15, -0.1) is 0 Å². The van der Waals surface area contributed by atoms with Gasteiger partial charge in [-0.2, -0.15) is 10.2 Å². The number of nitrogens with zero attached hydrogens (tertiary/aromatic N) is 5. The fourth-order valence-corrected chi connectivity index (χ4v) is 2.68. The molecule has 0 spiro atoms. The van der Waals surface area contributed by atoms with Crippen LogP contribution in [0.3, 0.4) is 0 Å². The molecular weight excluding hydrogens is 404 g/mol. The normalized spacial score (nSPS) is 10.6. The summed E-state index contributed by atoms with van der Waals surface area (Å²) in [6.07, 6.45) is 0. The molecule has 8 heteroatoms. The van der Waals surface area contributed by atoms with Gasteiger partial charge in [-0.05, 0) is 52.0 Å². The Labute approximate surface area is 162 Å². The summed E-state index contributed by atoms with van der Waals surface area (Å²) in [5.41, 5.74) is 6.43.